The normalized spacial score (nSPS) is 21.7. The SMILES string of the molecule is CC(=O)Oc1ccc([C@H]2C[C@@H](OC(C)=O)C[C@@H](CCc3ccccc3)O2)cc1. The fourth-order valence-electron chi connectivity index (χ4n) is 3.59. The summed E-state index contributed by atoms with van der Waals surface area (Å²) < 4.78 is 16.9. The molecule has 3 atom stereocenters. The van der Waals surface area contributed by atoms with Crippen molar-refractivity contribution in [3.8, 4) is 5.75 Å². The molecule has 0 unspecified atom stereocenters. The van der Waals surface area contributed by atoms with E-state index in [1.165, 1.54) is 19.4 Å². The smallest absolute Gasteiger partial charge is 0.308 e. The van der Waals surface area contributed by atoms with Crippen molar-refractivity contribution in [2.75, 3.05) is 0 Å². The second-order valence-electron chi connectivity index (χ2n) is 7.14. The maximum atomic E-state index is 11.5. The lowest BCUT2D eigenvalue weighted by molar-refractivity contribution is -0.160. The van der Waals surface area contributed by atoms with Gasteiger partial charge in [0.2, 0.25) is 0 Å². The first-order valence-electron chi connectivity index (χ1n) is 9.64. The van der Waals surface area contributed by atoms with Crippen molar-refractivity contribution in [1.82, 2.24) is 0 Å². The lowest BCUT2D eigenvalue weighted by atomic mass is 9.93. The van der Waals surface area contributed by atoms with Crippen molar-refractivity contribution in [2.24, 2.45) is 0 Å². The van der Waals surface area contributed by atoms with Crippen LogP contribution >= 0.6 is 0 Å². The van der Waals surface area contributed by atoms with Crippen LogP contribution in [-0.4, -0.2) is 24.1 Å². The second kappa shape index (κ2) is 9.51. The molecule has 0 aliphatic carbocycles. The molecule has 1 aliphatic heterocycles. The molecule has 2 aromatic carbocycles. The Bertz CT molecular complexity index is 784. The van der Waals surface area contributed by atoms with Gasteiger partial charge in [0, 0.05) is 26.7 Å². The lowest BCUT2D eigenvalue weighted by Crippen LogP contribution is -2.34. The zero-order chi connectivity index (χ0) is 19.9. The third-order valence-corrected chi connectivity index (χ3v) is 4.80. The number of benzene rings is 2. The highest BCUT2D eigenvalue weighted by molar-refractivity contribution is 5.69. The van der Waals surface area contributed by atoms with E-state index < -0.39 is 0 Å². The van der Waals surface area contributed by atoms with E-state index in [0.29, 0.717) is 18.6 Å². The summed E-state index contributed by atoms with van der Waals surface area (Å²) in [5.41, 5.74) is 2.25. The van der Waals surface area contributed by atoms with Crippen LogP contribution in [0.4, 0.5) is 0 Å². The molecule has 148 valence electrons. The van der Waals surface area contributed by atoms with Gasteiger partial charge in [0.15, 0.2) is 0 Å². The van der Waals surface area contributed by atoms with E-state index >= 15 is 0 Å². The molecule has 1 fully saturated rings. The molecule has 5 nitrogen and oxygen atoms in total. The van der Waals surface area contributed by atoms with Gasteiger partial charge in [-0.3, -0.25) is 9.59 Å². The average molecular weight is 382 g/mol. The topological polar surface area (TPSA) is 61.8 Å². The van der Waals surface area contributed by atoms with Crippen LogP contribution in [0.2, 0.25) is 0 Å². The minimum atomic E-state index is -0.349. The third kappa shape index (κ3) is 5.92. The second-order valence-corrected chi connectivity index (χ2v) is 7.14. The monoisotopic (exact) mass is 382 g/mol. The number of hydrogen-bond donors (Lipinski definition) is 0. The molecule has 0 bridgehead atoms. The largest absolute Gasteiger partial charge is 0.462 e. The molecule has 2 aromatic rings. The van der Waals surface area contributed by atoms with Crippen molar-refractivity contribution in [2.45, 2.75) is 57.8 Å². The molecule has 0 saturated carbocycles. The maximum Gasteiger partial charge on any atom is 0.308 e. The van der Waals surface area contributed by atoms with E-state index in [0.717, 1.165) is 18.4 Å². The minimum absolute atomic E-state index is 0.0106. The minimum Gasteiger partial charge on any atom is -0.462 e. The first kappa shape index (κ1) is 20.1. The molecule has 1 saturated heterocycles. The fraction of sp³-hybridized carbons (Fsp3) is 0.391. The molecule has 0 N–H and O–H groups in total. The van der Waals surface area contributed by atoms with E-state index in [2.05, 4.69) is 12.1 Å². The Labute approximate surface area is 165 Å². The summed E-state index contributed by atoms with van der Waals surface area (Å²) in [5, 5.41) is 0. The van der Waals surface area contributed by atoms with Crippen LogP contribution in [0.15, 0.2) is 54.6 Å². The molecular formula is C23H26O5. The Balaban J connectivity index is 1.68. The van der Waals surface area contributed by atoms with Crippen LogP contribution < -0.4 is 4.74 Å². The molecule has 0 radical (unpaired) electrons. The molecule has 28 heavy (non-hydrogen) atoms. The Morgan fingerprint density at radius 3 is 2.32 bits per heavy atom. The van der Waals surface area contributed by atoms with Crippen molar-refractivity contribution in [1.29, 1.82) is 0 Å². The van der Waals surface area contributed by atoms with Gasteiger partial charge >= 0.3 is 11.9 Å². The highest BCUT2D eigenvalue weighted by Gasteiger charge is 2.32. The van der Waals surface area contributed by atoms with Crippen LogP contribution in [0.25, 0.3) is 0 Å². The first-order valence-corrected chi connectivity index (χ1v) is 9.64. The Kier molecular flexibility index (Phi) is 6.82. The molecule has 3 rings (SSSR count). The number of esters is 2. The van der Waals surface area contributed by atoms with Crippen molar-refractivity contribution < 1.29 is 23.8 Å². The van der Waals surface area contributed by atoms with Gasteiger partial charge in [0.1, 0.15) is 11.9 Å². The summed E-state index contributed by atoms with van der Waals surface area (Å²) in [5.74, 6) is -0.112. The number of hydrogen-bond acceptors (Lipinski definition) is 5. The molecule has 0 spiro atoms. The third-order valence-electron chi connectivity index (χ3n) is 4.80. The van der Waals surface area contributed by atoms with Gasteiger partial charge in [-0.25, -0.2) is 0 Å². The molecule has 5 heteroatoms. The van der Waals surface area contributed by atoms with Crippen molar-refractivity contribution >= 4 is 11.9 Å². The van der Waals surface area contributed by atoms with Crippen LogP contribution in [0.3, 0.4) is 0 Å². The maximum absolute atomic E-state index is 11.5. The average Bonchev–Trinajstić information content (AvgIpc) is 2.67. The summed E-state index contributed by atoms with van der Waals surface area (Å²) in [6, 6.07) is 17.6. The van der Waals surface area contributed by atoms with Crippen LogP contribution in [-0.2, 0) is 25.5 Å². The van der Waals surface area contributed by atoms with E-state index in [1.54, 1.807) is 12.1 Å². The number of aryl methyl sites for hydroxylation is 1. The van der Waals surface area contributed by atoms with E-state index in [4.69, 9.17) is 14.2 Å². The quantitative estimate of drug-likeness (QED) is 0.547. The van der Waals surface area contributed by atoms with Gasteiger partial charge in [-0.15, -0.1) is 0 Å². The number of carbonyl (C=O) groups is 2. The summed E-state index contributed by atoms with van der Waals surface area (Å²) >= 11 is 0. The van der Waals surface area contributed by atoms with Crippen LogP contribution in [0.1, 0.15) is 50.3 Å². The van der Waals surface area contributed by atoms with Gasteiger partial charge < -0.3 is 14.2 Å². The standard InChI is InChI=1S/C23H26O5/c1-16(24)26-20-12-9-19(10-13-20)23-15-22(27-17(2)25)14-21(28-23)11-8-18-6-4-3-5-7-18/h3-7,9-10,12-13,21-23H,8,11,14-15H2,1-2H3/t21-,22+,23-/m1/s1. The molecule has 0 aromatic heterocycles. The summed E-state index contributed by atoms with van der Waals surface area (Å²) in [4.78, 5) is 22.6. The predicted molar refractivity (Wildman–Crippen MR) is 105 cm³/mol. The molecular weight excluding hydrogens is 356 g/mol. The van der Waals surface area contributed by atoms with Gasteiger partial charge in [-0.1, -0.05) is 42.5 Å². The van der Waals surface area contributed by atoms with Gasteiger partial charge in [0.05, 0.1) is 12.2 Å². The number of ether oxygens (including phenoxy) is 3. The Morgan fingerprint density at radius 1 is 0.964 bits per heavy atom. The predicted octanol–water partition coefficient (Wildman–Crippen LogP) is 4.40. The Morgan fingerprint density at radius 2 is 1.68 bits per heavy atom. The van der Waals surface area contributed by atoms with Gasteiger partial charge in [-0.05, 0) is 36.1 Å². The summed E-state index contributed by atoms with van der Waals surface area (Å²) in [6.07, 6.45) is 2.79. The van der Waals surface area contributed by atoms with E-state index in [-0.39, 0.29) is 30.3 Å². The highest BCUT2D eigenvalue weighted by atomic mass is 16.6. The zero-order valence-electron chi connectivity index (χ0n) is 16.3. The summed E-state index contributed by atoms with van der Waals surface area (Å²) in [6.45, 7) is 2.82. The van der Waals surface area contributed by atoms with E-state index in [9.17, 15) is 9.59 Å². The number of rotatable bonds is 6. The lowest BCUT2D eigenvalue weighted by Gasteiger charge is -2.35. The first-order chi connectivity index (χ1) is 13.5. The van der Waals surface area contributed by atoms with E-state index in [1.807, 2.05) is 30.3 Å². The molecule has 0 amide bonds. The summed E-state index contributed by atoms with van der Waals surface area (Å²) in [7, 11) is 0. The van der Waals surface area contributed by atoms with Crippen molar-refractivity contribution in [3.63, 3.8) is 0 Å². The fourth-order valence-corrected chi connectivity index (χ4v) is 3.59. The molecule has 1 aliphatic rings. The highest BCUT2D eigenvalue weighted by Crippen LogP contribution is 2.35. The Hall–Kier alpha value is -2.66. The zero-order valence-corrected chi connectivity index (χ0v) is 16.3. The molecule has 1 heterocycles. The van der Waals surface area contributed by atoms with Gasteiger partial charge in [-0.2, -0.15) is 0 Å². The van der Waals surface area contributed by atoms with Gasteiger partial charge in [0.25, 0.3) is 0 Å². The number of carbonyl (C=O) groups excluding carboxylic acids is 2. The van der Waals surface area contributed by atoms with Crippen LogP contribution in [0, 0.1) is 0 Å². The van der Waals surface area contributed by atoms with Crippen LogP contribution in [0.5, 0.6) is 5.75 Å². The van der Waals surface area contributed by atoms with Crippen molar-refractivity contribution in [3.05, 3.63) is 65.7 Å².